The van der Waals surface area contributed by atoms with Crippen molar-refractivity contribution in [2.45, 2.75) is 78.0 Å². The van der Waals surface area contributed by atoms with Gasteiger partial charge in [-0.15, -0.1) is 0 Å². The Balaban J connectivity index is 2.53. The third-order valence-electron chi connectivity index (χ3n) is 5.96. The summed E-state index contributed by atoms with van der Waals surface area (Å²) in [6, 6.07) is 11.8. The minimum absolute atomic E-state index is 0.215. The fourth-order valence-electron chi connectivity index (χ4n) is 4.15. The van der Waals surface area contributed by atoms with E-state index in [1.165, 1.54) is 4.90 Å². The highest BCUT2D eigenvalue weighted by Gasteiger charge is 2.37. The van der Waals surface area contributed by atoms with Crippen molar-refractivity contribution >= 4 is 29.5 Å². The summed E-state index contributed by atoms with van der Waals surface area (Å²) in [5.74, 6) is -1.21. The molecule has 0 saturated carbocycles. The Hall–Kier alpha value is -4.08. The molecule has 10 nitrogen and oxygen atoms in total. The van der Waals surface area contributed by atoms with Crippen LogP contribution in [-0.2, 0) is 19.1 Å². The van der Waals surface area contributed by atoms with Crippen molar-refractivity contribution in [3.63, 3.8) is 0 Å². The zero-order valence-corrected chi connectivity index (χ0v) is 24.3. The number of carbonyl (C=O) groups excluding carboxylic acids is 4. The monoisotopic (exact) mass is 554 g/mol. The van der Waals surface area contributed by atoms with E-state index >= 15 is 0 Å². The maximum absolute atomic E-state index is 14.1. The lowest BCUT2D eigenvalue weighted by atomic mass is 9.99. The average Bonchev–Trinajstić information content (AvgIpc) is 2.86. The van der Waals surface area contributed by atoms with Gasteiger partial charge >= 0.3 is 6.09 Å². The smallest absolute Gasteiger partial charge is 0.408 e. The number of ether oxygens (including phenoxy) is 2. The number of hydrogen-bond acceptors (Lipinski definition) is 6. The normalized spacial score (nSPS) is 12.6. The Morgan fingerprint density at radius 3 is 2.25 bits per heavy atom. The molecule has 0 heterocycles. The van der Waals surface area contributed by atoms with E-state index in [4.69, 9.17) is 15.2 Å². The van der Waals surface area contributed by atoms with Crippen molar-refractivity contribution in [1.29, 1.82) is 0 Å². The third kappa shape index (κ3) is 10.2. The third-order valence-corrected chi connectivity index (χ3v) is 5.96. The first-order valence-electron chi connectivity index (χ1n) is 13.4. The van der Waals surface area contributed by atoms with Gasteiger partial charge in [0.05, 0.1) is 13.5 Å². The summed E-state index contributed by atoms with van der Waals surface area (Å²) < 4.78 is 10.5. The SMILES string of the molecule is CCCCCN(C(=O)C(CC(N)=O)NC(=O)OC(C)(C)C)C(C(=O)Nc1ccc(OC)cc1)c1cccc(C)c1. The fourth-order valence-corrected chi connectivity index (χ4v) is 4.15. The highest BCUT2D eigenvalue weighted by molar-refractivity contribution is 5.99. The number of hydrogen-bond donors (Lipinski definition) is 3. The van der Waals surface area contributed by atoms with Crippen LogP contribution in [0.5, 0.6) is 5.75 Å². The molecule has 0 aliphatic carbocycles. The lowest BCUT2D eigenvalue weighted by Crippen LogP contribution is -2.53. The van der Waals surface area contributed by atoms with Crippen molar-refractivity contribution in [3.8, 4) is 5.75 Å². The summed E-state index contributed by atoms with van der Waals surface area (Å²) in [5.41, 5.74) is 6.64. The first-order chi connectivity index (χ1) is 18.8. The van der Waals surface area contributed by atoms with E-state index < -0.39 is 47.9 Å². The second kappa shape index (κ2) is 14.9. The molecule has 0 aromatic heterocycles. The van der Waals surface area contributed by atoms with Gasteiger partial charge in [-0.1, -0.05) is 49.6 Å². The van der Waals surface area contributed by atoms with Crippen LogP contribution in [-0.4, -0.2) is 54.0 Å². The van der Waals surface area contributed by atoms with E-state index in [-0.39, 0.29) is 6.54 Å². The van der Waals surface area contributed by atoms with Gasteiger partial charge in [-0.25, -0.2) is 4.79 Å². The van der Waals surface area contributed by atoms with Crippen molar-refractivity contribution < 1.29 is 28.7 Å². The molecular formula is C30H42N4O6. The van der Waals surface area contributed by atoms with Gasteiger partial charge in [0.25, 0.3) is 5.91 Å². The molecule has 218 valence electrons. The van der Waals surface area contributed by atoms with Gasteiger partial charge in [-0.2, -0.15) is 0 Å². The van der Waals surface area contributed by atoms with Gasteiger partial charge in [-0.05, 0) is 63.9 Å². The van der Waals surface area contributed by atoms with E-state index in [9.17, 15) is 19.2 Å². The molecule has 0 fully saturated rings. The highest BCUT2D eigenvalue weighted by atomic mass is 16.6. The van der Waals surface area contributed by atoms with Crippen LogP contribution in [0, 0.1) is 6.92 Å². The molecule has 0 bridgehead atoms. The number of amides is 4. The lowest BCUT2D eigenvalue weighted by Gasteiger charge is -2.34. The largest absolute Gasteiger partial charge is 0.497 e. The molecule has 0 aliphatic rings. The molecule has 2 atom stereocenters. The minimum Gasteiger partial charge on any atom is -0.497 e. The topological polar surface area (TPSA) is 140 Å². The molecule has 2 aromatic rings. The molecule has 4 amide bonds. The number of carbonyl (C=O) groups is 4. The molecule has 0 saturated heterocycles. The van der Waals surface area contributed by atoms with Crippen LogP contribution in [0.3, 0.4) is 0 Å². The summed E-state index contributed by atoms with van der Waals surface area (Å²) in [7, 11) is 1.55. The van der Waals surface area contributed by atoms with Crippen LogP contribution in [0.25, 0.3) is 0 Å². The molecule has 0 spiro atoms. The summed E-state index contributed by atoms with van der Waals surface area (Å²) in [6.07, 6.45) is 0.981. The zero-order chi connectivity index (χ0) is 29.9. The van der Waals surface area contributed by atoms with Crippen LogP contribution in [0.2, 0.25) is 0 Å². The van der Waals surface area contributed by atoms with Crippen molar-refractivity contribution in [2.24, 2.45) is 5.73 Å². The Labute approximate surface area is 236 Å². The maximum Gasteiger partial charge on any atom is 0.408 e. The number of methoxy groups -OCH3 is 1. The van der Waals surface area contributed by atoms with Gasteiger partial charge in [0, 0.05) is 12.2 Å². The van der Waals surface area contributed by atoms with E-state index in [1.807, 2.05) is 32.0 Å². The van der Waals surface area contributed by atoms with E-state index in [1.54, 1.807) is 58.2 Å². The molecule has 2 unspecified atom stereocenters. The number of unbranched alkanes of at least 4 members (excludes halogenated alkanes) is 2. The van der Waals surface area contributed by atoms with E-state index in [2.05, 4.69) is 10.6 Å². The molecule has 10 heteroatoms. The fraction of sp³-hybridized carbons (Fsp3) is 0.467. The number of anilines is 1. The number of nitrogens with zero attached hydrogens (tertiary/aromatic N) is 1. The first kappa shape index (κ1) is 32.1. The highest BCUT2D eigenvalue weighted by Crippen LogP contribution is 2.27. The van der Waals surface area contributed by atoms with Crippen LogP contribution in [0.15, 0.2) is 48.5 Å². The van der Waals surface area contributed by atoms with Gasteiger partial charge < -0.3 is 30.7 Å². The van der Waals surface area contributed by atoms with Crippen molar-refractivity contribution in [1.82, 2.24) is 10.2 Å². The number of benzene rings is 2. The lowest BCUT2D eigenvalue weighted by molar-refractivity contribution is -0.142. The van der Waals surface area contributed by atoms with Crippen LogP contribution < -0.4 is 21.1 Å². The number of alkyl carbamates (subject to hydrolysis) is 1. The molecular weight excluding hydrogens is 512 g/mol. The summed E-state index contributed by atoms with van der Waals surface area (Å²) in [6.45, 7) is 9.20. The van der Waals surface area contributed by atoms with E-state index in [0.29, 0.717) is 23.4 Å². The standard InChI is InChI=1S/C30H42N4O6/c1-7-8-9-17-34(28(37)24(19-25(31)35)33-29(38)40-30(3,4)5)26(21-12-10-11-20(2)18-21)27(36)32-22-13-15-23(39-6)16-14-22/h10-16,18,24,26H,7-9,17,19H2,1-6H3,(H2,31,35)(H,32,36)(H,33,38). The Bertz CT molecular complexity index is 1160. The van der Waals surface area contributed by atoms with Crippen molar-refractivity contribution in [2.75, 3.05) is 19.0 Å². The van der Waals surface area contributed by atoms with Gasteiger partial charge in [0.2, 0.25) is 11.8 Å². The van der Waals surface area contributed by atoms with Crippen molar-refractivity contribution in [3.05, 3.63) is 59.7 Å². The molecule has 2 aromatic carbocycles. The number of nitrogens with two attached hydrogens (primary N) is 1. The molecule has 0 radical (unpaired) electrons. The van der Waals surface area contributed by atoms with Gasteiger partial charge in [-0.3, -0.25) is 14.4 Å². The van der Waals surface area contributed by atoms with Crippen LogP contribution in [0.1, 0.15) is 70.5 Å². The quantitative estimate of drug-likeness (QED) is 0.312. The Morgan fingerprint density at radius 2 is 1.70 bits per heavy atom. The number of primary amides is 1. The number of rotatable bonds is 13. The predicted octanol–water partition coefficient (Wildman–Crippen LogP) is 4.47. The number of aryl methyl sites for hydroxylation is 1. The predicted molar refractivity (Wildman–Crippen MR) is 154 cm³/mol. The summed E-state index contributed by atoms with van der Waals surface area (Å²) >= 11 is 0. The maximum atomic E-state index is 14.1. The minimum atomic E-state index is -1.32. The van der Waals surface area contributed by atoms with Crippen LogP contribution in [0.4, 0.5) is 10.5 Å². The average molecular weight is 555 g/mol. The Morgan fingerprint density at radius 1 is 1.02 bits per heavy atom. The zero-order valence-electron chi connectivity index (χ0n) is 24.3. The molecule has 40 heavy (non-hydrogen) atoms. The molecule has 4 N–H and O–H groups in total. The molecule has 0 aliphatic heterocycles. The van der Waals surface area contributed by atoms with Crippen LogP contribution >= 0.6 is 0 Å². The first-order valence-corrected chi connectivity index (χ1v) is 13.4. The summed E-state index contributed by atoms with van der Waals surface area (Å²) in [4.78, 5) is 53.9. The Kier molecular flexibility index (Phi) is 12.0. The van der Waals surface area contributed by atoms with Gasteiger partial charge in [0.15, 0.2) is 0 Å². The summed E-state index contributed by atoms with van der Waals surface area (Å²) in [5, 5.41) is 5.39. The number of nitrogens with one attached hydrogen (secondary N) is 2. The van der Waals surface area contributed by atoms with Gasteiger partial charge in [0.1, 0.15) is 23.4 Å². The molecule has 2 rings (SSSR count). The van der Waals surface area contributed by atoms with E-state index in [0.717, 1.165) is 18.4 Å². The second-order valence-electron chi connectivity index (χ2n) is 10.6. The second-order valence-corrected chi connectivity index (χ2v) is 10.6.